The van der Waals surface area contributed by atoms with Crippen LogP contribution in [-0.4, -0.2) is 51.3 Å². The summed E-state index contributed by atoms with van der Waals surface area (Å²) in [4.78, 5) is 30.5. The van der Waals surface area contributed by atoms with Crippen molar-refractivity contribution in [3.63, 3.8) is 0 Å². The molecule has 0 aliphatic carbocycles. The van der Waals surface area contributed by atoms with Gasteiger partial charge in [0.1, 0.15) is 23.5 Å². The van der Waals surface area contributed by atoms with Crippen molar-refractivity contribution in [1.82, 2.24) is 9.88 Å². The first kappa shape index (κ1) is 18.7. The minimum absolute atomic E-state index is 0.221. The third kappa shape index (κ3) is 4.48. The monoisotopic (exact) mass is 345 g/mol. The van der Waals surface area contributed by atoms with Crippen LogP contribution in [0.25, 0.3) is 0 Å². The van der Waals surface area contributed by atoms with E-state index in [0.29, 0.717) is 5.82 Å². The maximum Gasteiger partial charge on any atom is 0.412 e. The maximum atomic E-state index is 12.7. The highest BCUT2D eigenvalue weighted by molar-refractivity contribution is 5.96. The number of nitrogens with zero attached hydrogens (tertiary/aromatic N) is 2. The highest BCUT2D eigenvalue weighted by Gasteiger charge is 2.47. The summed E-state index contributed by atoms with van der Waals surface area (Å²) in [6, 6.07) is 3.57. The molecule has 0 bridgehead atoms. The average Bonchev–Trinajstić information content (AvgIpc) is 2.93. The van der Waals surface area contributed by atoms with Gasteiger partial charge in [0.15, 0.2) is 0 Å². The van der Waals surface area contributed by atoms with Crippen LogP contribution < -0.4 is 5.32 Å². The third-order valence-electron chi connectivity index (χ3n) is 3.84. The summed E-state index contributed by atoms with van der Waals surface area (Å²) >= 11 is 0. The van der Waals surface area contributed by atoms with Gasteiger partial charge < -0.3 is 15.2 Å². The van der Waals surface area contributed by atoms with Gasteiger partial charge in [-0.2, -0.15) is 0 Å². The lowest BCUT2D eigenvalue weighted by atomic mass is 10.0. The summed E-state index contributed by atoms with van der Waals surface area (Å²) in [7, 11) is 0. The zero-order valence-electron chi connectivity index (χ0n) is 14.6. The largest absolute Gasteiger partial charge is 0.444 e. The Kier molecular flexibility index (Phi) is 5.65. The van der Waals surface area contributed by atoms with Crippen molar-refractivity contribution in [3.8, 4) is 12.3 Å². The Morgan fingerprint density at radius 1 is 1.48 bits per heavy atom. The van der Waals surface area contributed by atoms with Gasteiger partial charge in [-0.05, 0) is 39.3 Å². The normalized spacial score (nSPS) is 23.0. The number of aliphatic hydroxyl groups excluding tert-OH is 1. The number of aromatic nitrogens is 1. The first-order chi connectivity index (χ1) is 11.8. The quantitative estimate of drug-likeness (QED) is 0.813. The number of amides is 2. The van der Waals surface area contributed by atoms with E-state index in [-0.39, 0.29) is 13.0 Å². The molecular weight excluding hydrogens is 322 g/mol. The van der Waals surface area contributed by atoms with E-state index in [1.54, 1.807) is 45.2 Å². The number of hydrogen-bond donors (Lipinski definition) is 2. The molecule has 2 N–H and O–H groups in total. The first-order valence-electron chi connectivity index (χ1n) is 8.07. The van der Waals surface area contributed by atoms with Gasteiger partial charge in [-0.1, -0.05) is 12.0 Å². The van der Waals surface area contributed by atoms with Gasteiger partial charge in [0.25, 0.3) is 0 Å². The van der Waals surface area contributed by atoms with Gasteiger partial charge in [-0.15, -0.1) is 6.42 Å². The Labute approximate surface area is 147 Å². The van der Waals surface area contributed by atoms with Crippen LogP contribution in [0.3, 0.4) is 0 Å². The molecule has 1 fully saturated rings. The van der Waals surface area contributed by atoms with E-state index < -0.39 is 35.6 Å². The molecule has 0 radical (unpaired) electrons. The summed E-state index contributed by atoms with van der Waals surface area (Å²) in [5.41, 5.74) is -0.727. The molecule has 1 aromatic heterocycles. The number of carbonyl (C=O) groups excluding carboxylic acids is 2. The summed E-state index contributed by atoms with van der Waals surface area (Å²) in [5.74, 6) is 2.07. The lowest BCUT2D eigenvalue weighted by Gasteiger charge is -2.30. The summed E-state index contributed by atoms with van der Waals surface area (Å²) in [6.07, 6.45) is 6.68. The highest BCUT2D eigenvalue weighted by Crippen LogP contribution is 2.31. The molecular formula is C18H23N3O4. The van der Waals surface area contributed by atoms with E-state index in [1.165, 1.54) is 4.90 Å². The van der Waals surface area contributed by atoms with Gasteiger partial charge in [-0.25, -0.2) is 9.78 Å². The van der Waals surface area contributed by atoms with Gasteiger partial charge in [0.2, 0.25) is 5.91 Å². The smallest absolute Gasteiger partial charge is 0.412 e. The number of likely N-dealkylation sites (tertiary alicyclic amines) is 1. The molecule has 134 valence electrons. The predicted molar refractivity (Wildman–Crippen MR) is 92.5 cm³/mol. The van der Waals surface area contributed by atoms with Crippen LogP contribution in [0.1, 0.15) is 27.2 Å². The first-order valence-corrected chi connectivity index (χ1v) is 8.07. The van der Waals surface area contributed by atoms with Crippen molar-refractivity contribution in [3.05, 3.63) is 24.4 Å². The molecule has 2 heterocycles. The standard InChI is InChI=1S/C18H23N3O4/c1-5-13-12(11-22)10-14(21(13)17(24)25-18(2,3)4)16(23)20-15-8-6-7-9-19-15/h1,6-9,12-14,22H,10-11H2,2-4H3,(H,19,20,23)/t12-,13-,14+/m0/s1. The Hall–Kier alpha value is -2.59. The second kappa shape index (κ2) is 7.53. The Balaban J connectivity index is 2.25. The van der Waals surface area contributed by atoms with Crippen molar-refractivity contribution in [2.45, 2.75) is 44.9 Å². The van der Waals surface area contributed by atoms with Gasteiger partial charge in [0.05, 0.1) is 0 Å². The Morgan fingerprint density at radius 2 is 2.20 bits per heavy atom. The van der Waals surface area contributed by atoms with Crippen LogP contribution in [0.5, 0.6) is 0 Å². The molecule has 7 heteroatoms. The number of rotatable bonds is 3. The fraction of sp³-hybridized carbons (Fsp3) is 0.500. The molecule has 1 aliphatic heterocycles. The minimum Gasteiger partial charge on any atom is -0.444 e. The highest BCUT2D eigenvalue weighted by atomic mass is 16.6. The van der Waals surface area contributed by atoms with Crippen molar-refractivity contribution < 1.29 is 19.4 Å². The van der Waals surface area contributed by atoms with Crippen LogP contribution >= 0.6 is 0 Å². The summed E-state index contributed by atoms with van der Waals surface area (Å²) < 4.78 is 5.39. The topological polar surface area (TPSA) is 91.8 Å². The Bertz CT molecular complexity index is 663. The molecule has 0 saturated carbocycles. The zero-order valence-corrected chi connectivity index (χ0v) is 14.6. The van der Waals surface area contributed by atoms with Crippen LogP contribution in [0, 0.1) is 18.3 Å². The number of nitrogens with one attached hydrogen (secondary N) is 1. The van der Waals surface area contributed by atoms with Crippen molar-refractivity contribution >= 4 is 17.8 Å². The van der Waals surface area contributed by atoms with Crippen molar-refractivity contribution in [2.75, 3.05) is 11.9 Å². The predicted octanol–water partition coefficient (Wildman–Crippen LogP) is 1.64. The second-order valence-electron chi connectivity index (χ2n) is 6.90. The van der Waals surface area contributed by atoms with E-state index >= 15 is 0 Å². The molecule has 1 saturated heterocycles. The molecule has 1 aliphatic rings. The number of carbonyl (C=O) groups is 2. The molecule has 0 spiro atoms. The van der Waals surface area contributed by atoms with Crippen LogP contribution in [-0.2, 0) is 9.53 Å². The van der Waals surface area contributed by atoms with E-state index in [4.69, 9.17) is 11.2 Å². The van der Waals surface area contributed by atoms with Gasteiger partial charge in [0, 0.05) is 18.7 Å². The van der Waals surface area contributed by atoms with E-state index in [0.717, 1.165) is 0 Å². The third-order valence-corrected chi connectivity index (χ3v) is 3.84. The zero-order chi connectivity index (χ0) is 18.6. The average molecular weight is 345 g/mol. The number of anilines is 1. The molecule has 1 aromatic rings. The fourth-order valence-corrected chi connectivity index (χ4v) is 2.78. The molecule has 0 aromatic carbocycles. The van der Waals surface area contributed by atoms with Gasteiger partial charge in [-0.3, -0.25) is 9.69 Å². The number of hydrogen-bond acceptors (Lipinski definition) is 5. The lowest BCUT2D eigenvalue weighted by Crippen LogP contribution is -2.49. The molecule has 2 rings (SSSR count). The number of ether oxygens (including phenoxy) is 1. The molecule has 25 heavy (non-hydrogen) atoms. The second-order valence-corrected chi connectivity index (χ2v) is 6.90. The van der Waals surface area contributed by atoms with Crippen LogP contribution in [0.15, 0.2) is 24.4 Å². The fourth-order valence-electron chi connectivity index (χ4n) is 2.78. The number of aliphatic hydroxyl groups is 1. The summed E-state index contributed by atoms with van der Waals surface area (Å²) in [6.45, 7) is 4.98. The van der Waals surface area contributed by atoms with Crippen molar-refractivity contribution in [2.24, 2.45) is 5.92 Å². The number of terminal acetylenes is 1. The van der Waals surface area contributed by atoms with E-state index in [9.17, 15) is 14.7 Å². The Morgan fingerprint density at radius 3 is 2.72 bits per heavy atom. The lowest BCUT2D eigenvalue weighted by molar-refractivity contribution is -0.120. The number of pyridine rings is 1. The summed E-state index contributed by atoms with van der Waals surface area (Å²) in [5, 5.41) is 12.2. The van der Waals surface area contributed by atoms with Crippen molar-refractivity contribution in [1.29, 1.82) is 0 Å². The van der Waals surface area contributed by atoms with Crippen LogP contribution in [0.4, 0.5) is 10.6 Å². The minimum atomic E-state index is -0.838. The maximum absolute atomic E-state index is 12.7. The SMILES string of the molecule is C#C[C@H]1[C@H](CO)C[C@H](C(=O)Nc2ccccn2)N1C(=O)OC(C)(C)C. The molecule has 3 atom stereocenters. The van der Waals surface area contributed by atoms with Gasteiger partial charge >= 0.3 is 6.09 Å². The van der Waals surface area contributed by atoms with E-state index in [1.807, 2.05) is 0 Å². The molecule has 2 amide bonds. The molecule has 0 unspecified atom stereocenters. The van der Waals surface area contributed by atoms with E-state index in [2.05, 4.69) is 16.2 Å². The molecule has 7 nitrogen and oxygen atoms in total. The van der Waals surface area contributed by atoms with Crippen LogP contribution in [0.2, 0.25) is 0 Å².